The van der Waals surface area contributed by atoms with Crippen molar-refractivity contribution in [3.05, 3.63) is 46.5 Å². The largest absolute Gasteiger partial charge is 0.295 e. The minimum Gasteiger partial charge on any atom is -0.295 e. The molecule has 0 amide bonds. The van der Waals surface area contributed by atoms with Gasteiger partial charge in [0.2, 0.25) is 0 Å². The van der Waals surface area contributed by atoms with Gasteiger partial charge in [-0.3, -0.25) is 9.59 Å². The standard InChI is InChI=1S/C22H26O2/c23-21-9-5-1-3-7-19(21)15-17-11-13-18(14-12-17)16-20-8-4-2-6-10-22(20)24/h11-16H,1-10H2/b19-15+,20-16+. The molecule has 24 heavy (non-hydrogen) atoms. The molecule has 0 radical (unpaired) electrons. The number of carbonyl (C=O) groups excluding carboxylic acids is 2. The van der Waals surface area contributed by atoms with Crippen molar-refractivity contribution in [2.45, 2.75) is 64.2 Å². The molecule has 2 aliphatic carbocycles. The number of benzene rings is 1. The van der Waals surface area contributed by atoms with Crippen molar-refractivity contribution in [1.82, 2.24) is 0 Å². The third-order valence-electron chi connectivity index (χ3n) is 5.03. The highest BCUT2D eigenvalue weighted by atomic mass is 16.1. The molecule has 0 saturated heterocycles. The van der Waals surface area contributed by atoms with Crippen LogP contribution in [0.2, 0.25) is 0 Å². The fourth-order valence-corrected chi connectivity index (χ4v) is 3.55. The number of carbonyl (C=O) groups is 2. The Morgan fingerprint density at radius 2 is 0.917 bits per heavy atom. The Labute approximate surface area is 144 Å². The lowest BCUT2D eigenvalue weighted by atomic mass is 10.00. The highest BCUT2D eigenvalue weighted by Gasteiger charge is 2.14. The lowest BCUT2D eigenvalue weighted by molar-refractivity contribution is -0.116. The molecule has 1 aromatic rings. The minimum absolute atomic E-state index is 0.308. The second kappa shape index (κ2) is 8.23. The van der Waals surface area contributed by atoms with Gasteiger partial charge in [0, 0.05) is 12.8 Å². The fourth-order valence-electron chi connectivity index (χ4n) is 3.55. The third kappa shape index (κ3) is 4.53. The Balaban J connectivity index is 1.75. The van der Waals surface area contributed by atoms with Gasteiger partial charge in [-0.15, -0.1) is 0 Å². The van der Waals surface area contributed by atoms with E-state index in [-0.39, 0.29) is 0 Å². The highest BCUT2D eigenvalue weighted by Crippen LogP contribution is 2.24. The van der Waals surface area contributed by atoms with Crippen molar-refractivity contribution >= 4 is 23.7 Å². The van der Waals surface area contributed by atoms with E-state index in [1.54, 1.807) is 0 Å². The topological polar surface area (TPSA) is 34.1 Å². The van der Waals surface area contributed by atoms with E-state index in [1.807, 2.05) is 12.2 Å². The quantitative estimate of drug-likeness (QED) is 0.530. The van der Waals surface area contributed by atoms with E-state index in [4.69, 9.17) is 0 Å². The number of ketones is 2. The summed E-state index contributed by atoms with van der Waals surface area (Å²) >= 11 is 0. The molecule has 2 heteroatoms. The van der Waals surface area contributed by atoms with E-state index in [2.05, 4.69) is 24.3 Å². The van der Waals surface area contributed by atoms with Gasteiger partial charge in [-0.1, -0.05) is 37.1 Å². The molecule has 0 N–H and O–H groups in total. The van der Waals surface area contributed by atoms with Gasteiger partial charge in [0.25, 0.3) is 0 Å². The molecule has 0 spiro atoms. The van der Waals surface area contributed by atoms with Gasteiger partial charge >= 0.3 is 0 Å². The van der Waals surface area contributed by atoms with Gasteiger partial charge in [-0.05, 0) is 73.0 Å². The maximum absolute atomic E-state index is 12.1. The zero-order valence-electron chi connectivity index (χ0n) is 14.4. The Bertz CT molecular complexity index is 603. The monoisotopic (exact) mass is 322 g/mol. The summed E-state index contributed by atoms with van der Waals surface area (Å²) in [6.45, 7) is 0. The number of allylic oxidation sites excluding steroid dienone is 2. The fraction of sp³-hybridized carbons (Fsp3) is 0.455. The van der Waals surface area contributed by atoms with Crippen molar-refractivity contribution in [2.24, 2.45) is 0 Å². The van der Waals surface area contributed by atoms with Crippen LogP contribution in [0.25, 0.3) is 12.2 Å². The van der Waals surface area contributed by atoms with Gasteiger partial charge in [0.1, 0.15) is 0 Å². The molecule has 0 bridgehead atoms. The number of hydrogen-bond donors (Lipinski definition) is 0. The number of Topliss-reactive ketones (excluding diaryl/α,β-unsaturated/α-hetero) is 2. The van der Waals surface area contributed by atoms with E-state index < -0.39 is 0 Å². The summed E-state index contributed by atoms with van der Waals surface area (Å²) in [7, 11) is 0. The van der Waals surface area contributed by atoms with Gasteiger partial charge in [-0.2, -0.15) is 0 Å². The molecule has 126 valence electrons. The van der Waals surface area contributed by atoms with E-state index in [1.165, 1.54) is 0 Å². The van der Waals surface area contributed by atoms with E-state index >= 15 is 0 Å². The first-order valence-corrected chi connectivity index (χ1v) is 9.30. The first-order valence-electron chi connectivity index (χ1n) is 9.30. The predicted molar refractivity (Wildman–Crippen MR) is 98.6 cm³/mol. The number of hydrogen-bond acceptors (Lipinski definition) is 2. The first kappa shape index (κ1) is 16.9. The van der Waals surface area contributed by atoms with Crippen LogP contribution in [0.5, 0.6) is 0 Å². The Hall–Kier alpha value is -1.96. The summed E-state index contributed by atoms with van der Waals surface area (Å²) < 4.78 is 0. The van der Waals surface area contributed by atoms with Crippen LogP contribution < -0.4 is 0 Å². The molecule has 3 rings (SSSR count). The molecule has 0 aliphatic heterocycles. The van der Waals surface area contributed by atoms with Gasteiger partial charge in [0.15, 0.2) is 11.6 Å². The van der Waals surface area contributed by atoms with Gasteiger partial charge < -0.3 is 0 Å². The summed E-state index contributed by atoms with van der Waals surface area (Å²) in [5.74, 6) is 0.616. The van der Waals surface area contributed by atoms with Crippen LogP contribution in [0, 0.1) is 0 Å². The molecule has 2 aliphatic rings. The predicted octanol–water partition coefficient (Wildman–Crippen LogP) is 5.52. The number of rotatable bonds is 2. The molecule has 0 heterocycles. The first-order chi connectivity index (χ1) is 11.7. The second-order valence-electron chi connectivity index (χ2n) is 6.97. The van der Waals surface area contributed by atoms with Crippen molar-refractivity contribution in [1.29, 1.82) is 0 Å². The molecule has 2 nitrogen and oxygen atoms in total. The molecule has 2 fully saturated rings. The van der Waals surface area contributed by atoms with Crippen LogP contribution in [-0.2, 0) is 9.59 Å². The molecular formula is C22H26O2. The van der Waals surface area contributed by atoms with Crippen LogP contribution in [0.4, 0.5) is 0 Å². The third-order valence-corrected chi connectivity index (χ3v) is 5.03. The summed E-state index contributed by atoms with van der Waals surface area (Å²) in [4.78, 5) is 24.2. The van der Waals surface area contributed by atoms with Crippen LogP contribution in [-0.4, -0.2) is 11.6 Å². The van der Waals surface area contributed by atoms with Crippen LogP contribution in [0.1, 0.15) is 75.3 Å². The maximum atomic E-state index is 12.1. The van der Waals surface area contributed by atoms with Crippen LogP contribution in [0.15, 0.2) is 35.4 Å². The van der Waals surface area contributed by atoms with Crippen molar-refractivity contribution in [2.75, 3.05) is 0 Å². The van der Waals surface area contributed by atoms with E-state index in [0.717, 1.165) is 73.6 Å². The lowest BCUT2D eigenvalue weighted by Crippen LogP contribution is -1.99. The zero-order chi connectivity index (χ0) is 16.8. The zero-order valence-corrected chi connectivity index (χ0v) is 14.4. The minimum atomic E-state index is 0.308. The van der Waals surface area contributed by atoms with Gasteiger partial charge in [-0.25, -0.2) is 0 Å². The molecule has 0 unspecified atom stereocenters. The lowest BCUT2D eigenvalue weighted by Gasteiger charge is -2.04. The summed E-state index contributed by atoms with van der Waals surface area (Å²) in [5.41, 5.74) is 4.10. The smallest absolute Gasteiger partial charge is 0.158 e. The Morgan fingerprint density at radius 1 is 0.542 bits per heavy atom. The van der Waals surface area contributed by atoms with Crippen molar-refractivity contribution < 1.29 is 9.59 Å². The molecule has 0 aromatic heterocycles. The normalized spacial score (nSPS) is 23.3. The molecule has 1 aromatic carbocycles. The van der Waals surface area contributed by atoms with Crippen molar-refractivity contribution in [3.8, 4) is 0 Å². The average Bonchev–Trinajstić information content (AvgIpc) is 2.91. The molecular weight excluding hydrogens is 296 g/mol. The maximum Gasteiger partial charge on any atom is 0.158 e. The van der Waals surface area contributed by atoms with Crippen LogP contribution >= 0.6 is 0 Å². The molecule has 2 saturated carbocycles. The summed E-state index contributed by atoms with van der Waals surface area (Å²) in [6, 6.07) is 8.22. The average molecular weight is 322 g/mol. The highest BCUT2D eigenvalue weighted by molar-refractivity contribution is 6.00. The van der Waals surface area contributed by atoms with E-state index in [9.17, 15) is 9.59 Å². The SMILES string of the molecule is O=C1CCCCC/C1=C\c1ccc(/C=C2\CCCCCC2=O)cc1. The van der Waals surface area contributed by atoms with Crippen molar-refractivity contribution in [3.63, 3.8) is 0 Å². The van der Waals surface area contributed by atoms with Crippen LogP contribution in [0.3, 0.4) is 0 Å². The molecule has 0 atom stereocenters. The Morgan fingerprint density at radius 3 is 1.33 bits per heavy atom. The Kier molecular flexibility index (Phi) is 5.79. The van der Waals surface area contributed by atoms with E-state index in [0.29, 0.717) is 24.4 Å². The summed E-state index contributed by atoms with van der Waals surface area (Å²) in [6.07, 6.45) is 13.9. The van der Waals surface area contributed by atoms with Gasteiger partial charge in [0.05, 0.1) is 0 Å². The summed E-state index contributed by atoms with van der Waals surface area (Å²) in [5, 5.41) is 0. The second-order valence-corrected chi connectivity index (χ2v) is 6.97.